The van der Waals surface area contributed by atoms with Gasteiger partial charge < -0.3 is 11.1 Å². The fourth-order valence-corrected chi connectivity index (χ4v) is 1.79. The van der Waals surface area contributed by atoms with Crippen molar-refractivity contribution < 1.29 is 0 Å². The Morgan fingerprint density at radius 3 is 2.93 bits per heavy atom. The molecule has 0 amide bonds. The molecule has 0 saturated heterocycles. The summed E-state index contributed by atoms with van der Waals surface area (Å²) in [6, 6.07) is 4.19. The van der Waals surface area contributed by atoms with E-state index in [9.17, 15) is 0 Å². The number of nitrogens with one attached hydrogen (secondary N) is 1. The van der Waals surface area contributed by atoms with Gasteiger partial charge in [-0.2, -0.15) is 11.8 Å². The van der Waals surface area contributed by atoms with E-state index in [2.05, 4.69) is 23.5 Å². The van der Waals surface area contributed by atoms with Gasteiger partial charge in [0.15, 0.2) is 0 Å². The maximum atomic E-state index is 5.80. The standard InChI is InChI=1S/C10H17N3S/c1-7-4-5-9(11)10(12-7)13-8(2)6-14-3/h4-5,8H,6,11H2,1-3H3,(H,12,13). The van der Waals surface area contributed by atoms with Crippen LogP contribution in [-0.4, -0.2) is 23.0 Å². The second-order valence-corrected chi connectivity index (χ2v) is 4.30. The number of rotatable bonds is 4. The fourth-order valence-electron chi connectivity index (χ4n) is 1.21. The minimum absolute atomic E-state index is 0.390. The fraction of sp³-hybridized carbons (Fsp3) is 0.500. The normalized spacial score (nSPS) is 12.5. The molecule has 4 heteroatoms. The molecule has 1 unspecified atom stereocenters. The van der Waals surface area contributed by atoms with E-state index in [-0.39, 0.29) is 0 Å². The highest BCUT2D eigenvalue weighted by atomic mass is 32.2. The first-order valence-electron chi connectivity index (χ1n) is 4.62. The van der Waals surface area contributed by atoms with Gasteiger partial charge in [0.25, 0.3) is 0 Å². The van der Waals surface area contributed by atoms with Crippen molar-refractivity contribution in [2.75, 3.05) is 23.1 Å². The van der Waals surface area contributed by atoms with Gasteiger partial charge in [-0.1, -0.05) is 0 Å². The van der Waals surface area contributed by atoms with Crippen molar-refractivity contribution in [2.24, 2.45) is 0 Å². The van der Waals surface area contributed by atoms with Gasteiger partial charge in [-0.25, -0.2) is 4.98 Å². The van der Waals surface area contributed by atoms with Gasteiger partial charge in [0, 0.05) is 17.5 Å². The van der Waals surface area contributed by atoms with E-state index in [4.69, 9.17) is 5.73 Å². The largest absolute Gasteiger partial charge is 0.396 e. The van der Waals surface area contributed by atoms with Crippen molar-refractivity contribution in [3.63, 3.8) is 0 Å². The van der Waals surface area contributed by atoms with Crippen LogP contribution in [0.1, 0.15) is 12.6 Å². The van der Waals surface area contributed by atoms with Crippen LogP contribution in [0.25, 0.3) is 0 Å². The van der Waals surface area contributed by atoms with E-state index in [0.29, 0.717) is 11.7 Å². The number of hydrogen-bond donors (Lipinski definition) is 2. The lowest BCUT2D eigenvalue weighted by molar-refractivity contribution is 0.901. The van der Waals surface area contributed by atoms with Crippen molar-refractivity contribution in [3.8, 4) is 0 Å². The van der Waals surface area contributed by atoms with Crippen molar-refractivity contribution in [2.45, 2.75) is 19.9 Å². The number of thioether (sulfide) groups is 1. The van der Waals surface area contributed by atoms with E-state index in [1.54, 1.807) is 0 Å². The number of nitrogens with two attached hydrogens (primary N) is 1. The lowest BCUT2D eigenvalue weighted by Crippen LogP contribution is -2.19. The zero-order valence-electron chi connectivity index (χ0n) is 8.87. The van der Waals surface area contributed by atoms with Gasteiger partial charge in [-0.3, -0.25) is 0 Å². The molecule has 3 nitrogen and oxygen atoms in total. The van der Waals surface area contributed by atoms with Crippen LogP contribution < -0.4 is 11.1 Å². The molecule has 0 aromatic carbocycles. The highest BCUT2D eigenvalue weighted by Gasteiger charge is 2.05. The van der Waals surface area contributed by atoms with Crippen molar-refractivity contribution in [1.29, 1.82) is 0 Å². The minimum atomic E-state index is 0.390. The van der Waals surface area contributed by atoms with E-state index < -0.39 is 0 Å². The van der Waals surface area contributed by atoms with Crippen LogP contribution in [0.15, 0.2) is 12.1 Å². The third-order valence-corrected chi connectivity index (χ3v) is 2.70. The van der Waals surface area contributed by atoms with Crippen molar-refractivity contribution >= 4 is 23.3 Å². The van der Waals surface area contributed by atoms with Crippen LogP contribution in [-0.2, 0) is 0 Å². The van der Waals surface area contributed by atoms with Gasteiger partial charge in [0.2, 0.25) is 0 Å². The molecule has 1 heterocycles. The Bertz CT molecular complexity index is 301. The van der Waals surface area contributed by atoms with Gasteiger partial charge in [0.1, 0.15) is 5.82 Å². The highest BCUT2D eigenvalue weighted by Crippen LogP contribution is 2.16. The molecule has 0 saturated carbocycles. The molecule has 0 bridgehead atoms. The predicted molar refractivity (Wildman–Crippen MR) is 64.9 cm³/mol. The molecule has 3 N–H and O–H groups in total. The number of aryl methyl sites for hydroxylation is 1. The molecular weight excluding hydrogens is 194 g/mol. The van der Waals surface area contributed by atoms with Crippen LogP contribution in [0.5, 0.6) is 0 Å². The number of nitrogens with zero attached hydrogens (tertiary/aromatic N) is 1. The lowest BCUT2D eigenvalue weighted by atomic mass is 10.3. The molecule has 0 aliphatic rings. The highest BCUT2D eigenvalue weighted by molar-refractivity contribution is 7.98. The molecule has 0 fully saturated rings. The van der Waals surface area contributed by atoms with E-state index in [1.165, 1.54) is 0 Å². The van der Waals surface area contributed by atoms with Crippen LogP contribution in [0, 0.1) is 6.92 Å². The smallest absolute Gasteiger partial charge is 0.149 e. The summed E-state index contributed by atoms with van der Waals surface area (Å²) in [5.74, 6) is 1.85. The summed E-state index contributed by atoms with van der Waals surface area (Å²) in [5.41, 5.74) is 7.50. The van der Waals surface area contributed by atoms with E-state index in [0.717, 1.165) is 17.3 Å². The molecule has 14 heavy (non-hydrogen) atoms. The maximum Gasteiger partial charge on any atom is 0.149 e. The summed E-state index contributed by atoms with van der Waals surface area (Å²) in [6.07, 6.45) is 2.09. The Morgan fingerprint density at radius 2 is 2.29 bits per heavy atom. The van der Waals surface area contributed by atoms with Gasteiger partial charge >= 0.3 is 0 Å². The lowest BCUT2D eigenvalue weighted by Gasteiger charge is -2.14. The maximum absolute atomic E-state index is 5.80. The second kappa shape index (κ2) is 5.10. The van der Waals surface area contributed by atoms with E-state index in [1.807, 2.05) is 30.8 Å². The minimum Gasteiger partial charge on any atom is -0.396 e. The quantitative estimate of drug-likeness (QED) is 0.801. The summed E-state index contributed by atoms with van der Waals surface area (Å²) >= 11 is 1.81. The third-order valence-electron chi connectivity index (χ3n) is 1.87. The van der Waals surface area contributed by atoms with Crippen LogP contribution in [0.2, 0.25) is 0 Å². The Labute approximate surface area is 89.5 Å². The molecule has 0 aliphatic carbocycles. The molecule has 0 spiro atoms. The number of pyridine rings is 1. The summed E-state index contributed by atoms with van der Waals surface area (Å²) in [4.78, 5) is 4.35. The zero-order valence-corrected chi connectivity index (χ0v) is 9.69. The molecule has 0 radical (unpaired) electrons. The topological polar surface area (TPSA) is 50.9 Å². The summed E-state index contributed by atoms with van der Waals surface area (Å²) in [6.45, 7) is 4.09. The zero-order chi connectivity index (χ0) is 10.6. The third kappa shape index (κ3) is 3.10. The number of aromatic nitrogens is 1. The van der Waals surface area contributed by atoms with Crippen molar-refractivity contribution in [1.82, 2.24) is 4.98 Å². The van der Waals surface area contributed by atoms with E-state index >= 15 is 0 Å². The molecule has 0 aliphatic heterocycles. The summed E-state index contributed by atoms with van der Waals surface area (Å²) in [7, 11) is 0. The van der Waals surface area contributed by atoms with Gasteiger partial charge in [-0.15, -0.1) is 0 Å². The average Bonchev–Trinajstić information content (AvgIpc) is 2.12. The molecule has 78 valence electrons. The first kappa shape index (κ1) is 11.2. The first-order chi connectivity index (χ1) is 6.63. The van der Waals surface area contributed by atoms with Crippen LogP contribution >= 0.6 is 11.8 Å². The van der Waals surface area contributed by atoms with Crippen LogP contribution in [0.4, 0.5) is 11.5 Å². The van der Waals surface area contributed by atoms with Gasteiger partial charge in [0.05, 0.1) is 5.69 Å². The van der Waals surface area contributed by atoms with Crippen molar-refractivity contribution in [3.05, 3.63) is 17.8 Å². The Balaban J connectivity index is 2.70. The Kier molecular flexibility index (Phi) is 4.07. The second-order valence-electron chi connectivity index (χ2n) is 3.39. The molecule has 1 aromatic heterocycles. The number of hydrogen-bond acceptors (Lipinski definition) is 4. The monoisotopic (exact) mass is 211 g/mol. The molecule has 1 aromatic rings. The molecule has 1 rings (SSSR count). The average molecular weight is 211 g/mol. The van der Waals surface area contributed by atoms with Gasteiger partial charge in [-0.05, 0) is 32.2 Å². The predicted octanol–water partition coefficient (Wildman–Crippen LogP) is 2.14. The molecule has 1 atom stereocenters. The summed E-state index contributed by atoms with van der Waals surface area (Å²) in [5, 5.41) is 3.29. The van der Waals surface area contributed by atoms with Crippen LogP contribution in [0.3, 0.4) is 0 Å². The number of nitrogen functional groups attached to an aromatic ring is 1. The Hall–Kier alpha value is -0.900. The summed E-state index contributed by atoms with van der Waals surface area (Å²) < 4.78 is 0. The first-order valence-corrected chi connectivity index (χ1v) is 6.01. The SMILES string of the molecule is CSCC(C)Nc1nc(C)ccc1N. The number of anilines is 2. The Morgan fingerprint density at radius 1 is 1.57 bits per heavy atom. The molecular formula is C10H17N3S.